The van der Waals surface area contributed by atoms with E-state index in [0.717, 1.165) is 0 Å². The van der Waals surface area contributed by atoms with Gasteiger partial charge in [0.05, 0.1) is 0 Å². The minimum absolute atomic E-state index is 0.0677. The third kappa shape index (κ3) is 3.95. The SMILES string of the molecule is [B]=C1C#CC(=[B])C(=[B])C#CC(=[B])C(=[B])C#CC1=[B]. The molecule has 0 N–H and O–H groups in total. The summed E-state index contributed by atoms with van der Waals surface area (Å²) in [5.74, 6) is 15.1. The van der Waals surface area contributed by atoms with Gasteiger partial charge in [-0.2, -0.15) is 0 Å². The van der Waals surface area contributed by atoms with Crippen LogP contribution in [-0.4, -0.2) is 77.7 Å². The zero-order chi connectivity index (χ0) is 13.7. The summed E-state index contributed by atoms with van der Waals surface area (Å²) in [5.41, 5.74) is 0.406. The fraction of sp³-hybridized carbons (Fsp3) is 0. The van der Waals surface area contributed by atoms with Crippen LogP contribution in [-0.2, 0) is 0 Å². The maximum absolute atomic E-state index is 5.58. The van der Waals surface area contributed by atoms with Gasteiger partial charge in [-0.15, -0.1) is 0 Å². The fourth-order valence-electron chi connectivity index (χ4n) is 0.808. The molecule has 0 saturated carbocycles. The molecular weight excluding hydrogens is 209 g/mol. The predicted molar refractivity (Wildman–Crippen MR) is 87.9 cm³/mol. The van der Waals surface area contributed by atoms with E-state index >= 15 is 0 Å². The molecule has 0 atom stereocenters. The van der Waals surface area contributed by atoms with E-state index in [-0.39, 0.29) is 32.8 Å². The third-order valence-electron chi connectivity index (χ3n) is 1.87. The molecule has 0 heterocycles. The maximum atomic E-state index is 5.58. The molecule has 6 heteroatoms. The minimum atomic E-state index is 0.0677. The molecule has 6 radical (unpaired) electrons. The molecule has 0 aromatic carbocycles. The molecular formula is C12B6. The average molecular weight is 209 g/mol. The Labute approximate surface area is 113 Å². The Hall–Kier alpha value is -1.71. The fourth-order valence-corrected chi connectivity index (χ4v) is 0.808. The second kappa shape index (κ2) is 6.28. The van der Waals surface area contributed by atoms with Crippen molar-refractivity contribution in [2.45, 2.75) is 0 Å². The van der Waals surface area contributed by atoms with E-state index in [4.69, 9.17) is 44.9 Å². The number of hydrogen-bond donors (Lipinski definition) is 0. The second-order valence-corrected chi connectivity index (χ2v) is 3.23. The normalized spacial score (nSPS) is 15.0. The van der Waals surface area contributed by atoms with E-state index < -0.39 is 0 Å². The van der Waals surface area contributed by atoms with E-state index in [9.17, 15) is 0 Å². The van der Waals surface area contributed by atoms with E-state index in [1.165, 1.54) is 0 Å². The first-order chi connectivity index (χ1) is 8.41. The number of hydrogen-bond acceptors (Lipinski definition) is 0. The molecule has 0 bridgehead atoms. The Bertz CT molecular complexity index is 549. The van der Waals surface area contributed by atoms with Crippen molar-refractivity contribution in [1.29, 1.82) is 0 Å². The van der Waals surface area contributed by atoms with E-state index in [1.807, 2.05) is 0 Å². The van der Waals surface area contributed by atoms with Crippen LogP contribution in [0.2, 0.25) is 0 Å². The quantitative estimate of drug-likeness (QED) is 0.282. The summed E-state index contributed by atoms with van der Waals surface area (Å²) in [6.07, 6.45) is 0. The molecule has 66 valence electrons. The first-order valence-electron chi connectivity index (χ1n) is 4.73. The molecule has 0 aromatic heterocycles. The van der Waals surface area contributed by atoms with Crippen LogP contribution in [0, 0.1) is 35.5 Å². The molecule has 0 unspecified atom stereocenters. The van der Waals surface area contributed by atoms with Gasteiger partial charge in [-0.05, 0) is 0 Å². The van der Waals surface area contributed by atoms with Gasteiger partial charge in [0.2, 0.25) is 0 Å². The van der Waals surface area contributed by atoms with Gasteiger partial charge in [0, 0.05) is 0 Å². The van der Waals surface area contributed by atoms with Crippen LogP contribution >= 0.6 is 0 Å². The van der Waals surface area contributed by atoms with E-state index in [1.54, 1.807) is 0 Å². The predicted octanol–water partition coefficient (Wildman–Crippen LogP) is -3.94. The summed E-state index contributed by atoms with van der Waals surface area (Å²) in [6.45, 7) is 0. The van der Waals surface area contributed by atoms with Crippen LogP contribution < -0.4 is 0 Å². The summed E-state index contributed by atoms with van der Waals surface area (Å²) in [7, 11) is 33.5. The van der Waals surface area contributed by atoms with Crippen molar-refractivity contribution in [2.24, 2.45) is 0 Å². The van der Waals surface area contributed by atoms with Crippen LogP contribution in [0.5, 0.6) is 0 Å². The molecule has 0 fully saturated rings. The second-order valence-electron chi connectivity index (χ2n) is 3.23. The van der Waals surface area contributed by atoms with E-state index in [0.29, 0.717) is 0 Å². The molecule has 0 nitrogen and oxygen atoms in total. The van der Waals surface area contributed by atoms with Gasteiger partial charge in [-0.1, -0.05) is 0 Å². The average Bonchev–Trinajstić information content (AvgIpc) is 2.36. The topological polar surface area (TPSA) is 0 Å². The number of rotatable bonds is 0. The summed E-state index contributed by atoms with van der Waals surface area (Å²) < 4.78 is 0. The third-order valence-corrected chi connectivity index (χ3v) is 1.87. The molecule has 1 aliphatic carbocycles. The summed E-state index contributed by atoms with van der Waals surface area (Å²) in [4.78, 5) is 0. The van der Waals surface area contributed by atoms with Gasteiger partial charge >= 0.3 is 113 Å². The first kappa shape index (κ1) is 14.4. The Morgan fingerprint density at radius 2 is 0.444 bits per heavy atom. The Balaban J connectivity index is 3.32. The molecule has 0 spiro atoms. The van der Waals surface area contributed by atoms with Gasteiger partial charge in [0.1, 0.15) is 0 Å². The molecule has 1 rings (SSSR count). The van der Waals surface area contributed by atoms with Crippen molar-refractivity contribution in [3.05, 3.63) is 0 Å². The molecule has 0 amide bonds. The van der Waals surface area contributed by atoms with Gasteiger partial charge in [-0.25, -0.2) is 0 Å². The van der Waals surface area contributed by atoms with Crippen LogP contribution in [0.1, 0.15) is 0 Å². The van der Waals surface area contributed by atoms with Crippen molar-refractivity contribution in [1.82, 2.24) is 0 Å². The zero-order valence-electron chi connectivity index (χ0n) is 9.46. The van der Waals surface area contributed by atoms with E-state index in [2.05, 4.69) is 35.5 Å². The van der Waals surface area contributed by atoms with Gasteiger partial charge in [0.25, 0.3) is 0 Å². The zero-order valence-corrected chi connectivity index (χ0v) is 9.46. The van der Waals surface area contributed by atoms with Crippen LogP contribution in [0.25, 0.3) is 0 Å². The molecule has 0 aromatic rings. The van der Waals surface area contributed by atoms with Crippen LogP contribution in [0.15, 0.2) is 0 Å². The molecule has 0 aliphatic heterocycles. The standard InChI is InChI=1S/C12B6/c13-7-1-2-8(14)10(16)5-6-12(18)11(17)4-3-9(7)15. The van der Waals surface area contributed by atoms with Crippen molar-refractivity contribution >= 4 is 77.7 Å². The van der Waals surface area contributed by atoms with Gasteiger partial charge < -0.3 is 0 Å². The molecule has 18 heavy (non-hydrogen) atoms. The van der Waals surface area contributed by atoms with Crippen LogP contribution in [0.4, 0.5) is 0 Å². The van der Waals surface area contributed by atoms with Crippen molar-refractivity contribution in [3.63, 3.8) is 0 Å². The van der Waals surface area contributed by atoms with Crippen molar-refractivity contribution in [2.75, 3.05) is 0 Å². The summed E-state index contributed by atoms with van der Waals surface area (Å²) in [5, 5.41) is 0. The van der Waals surface area contributed by atoms with Gasteiger partial charge in [-0.3, -0.25) is 0 Å². The Kier molecular flexibility index (Phi) is 5.01. The van der Waals surface area contributed by atoms with Crippen molar-refractivity contribution < 1.29 is 0 Å². The Morgan fingerprint density at radius 3 is 0.556 bits per heavy atom. The van der Waals surface area contributed by atoms with Crippen molar-refractivity contribution in [3.8, 4) is 35.5 Å². The molecule has 1 aliphatic rings. The van der Waals surface area contributed by atoms with Gasteiger partial charge in [0.15, 0.2) is 0 Å². The molecule has 0 saturated heterocycles. The van der Waals surface area contributed by atoms with Crippen LogP contribution in [0.3, 0.4) is 0 Å². The summed E-state index contributed by atoms with van der Waals surface area (Å²) in [6, 6.07) is 0. The summed E-state index contributed by atoms with van der Waals surface area (Å²) >= 11 is 0. The monoisotopic (exact) mass is 210 g/mol. The first-order valence-corrected chi connectivity index (χ1v) is 4.73. The Morgan fingerprint density at radius 1 is 0.333 bits per heavy atom.